The van der Waals surface area contributed by atoms with Crippen molar-refractivity contribution in [2.45, 2.75) is 25.4 Å². The van der Waals surface area contributed by atoms with Crippen LogP contribution in [-0.4, -0.2) is 71.4 Å². The van der Waals surface area contributed by atoms with E-state index in [1.807, 2.05) is 0 Å². The van der Waals surface area contributed by atoms with Crippen LogP contribution in [-0.2, 0) is 11.2 Å². The summed E-state index contributed by atoms with van der Waals surface area (Å²) in [5.41, 5.74) is 0.0593. The van der Waals surface area contributed by atoms with E-state index in [0.717, 1.165) is 50.7 Å². The predicted octanol–water partition coefficient (Wildman–Crippen LogP) is 1.03. The number of halogens is 2. The van der Waals surface area contributed by atoms with Crippen molar-refractivity contribution < 1.29 is 23.8 Å². The number of likely N-dealkylation sites (tertiary alicyclic amines) is 2. The smallest absolute Gasteiger partial charge is 0.227 e. The minimum atomic E-state index is -0.582. The van der Waals surface area contributed by atoms with Crippen LogP contribution < -0.4 is 0 Å². The number of aliphatic hydroxyl groups is 2. The van der Waals surface area contributed by atoms with Crippen LogP contribution in [0.2, 0.25) is 0 Å². The molecule has 2 aliphatic heterocycles. The van der Waals surface area contributed by atoms with Crippen molar-refractivity contribution in [2.24, 2.45) is 11.8 Å². The lowest BCUT2D eigenvalue weighted by Gasteiger charge is -2.32. The first-order valence-electron chi connectivity index (χ1n) is 9.19. The molecule has 2 N–H and O–H groups in total. The molecule has 1 aromatic carbocycles. The molecule has 7 heteroatoms. The highest BCUT2D eigenvalue weighted by molar-refractivity contribution is 5.79. The van der Waals surface area contributed by atoms with Crippen molar-refractivity contribution >= 4 is 5.91 Å². The van der Waals surface area contributed by atoms with Crippen LogP contribution in [0.15, 0.2) is 18.2 Å². The summed E-state index contributed by atoms with van der Waals surface area (Å²) in [4.78, 5) is 16.4. The molecule has 1 aromatic rings. The van der Waals surface area contributed by atoms with E-state index >= 15 is 0 Å². The normalized spacial score (nSPS) is 25.0. The molecule has 0 aromatic heterocycles. The van der Waals surface area contributed by atoms with Gasteiger partial charge in [-0.15, -0.1) is 0 Å². The molecule has 2 saturated heterocycles. The van der Waals surface area contributed by atoms with Crippen molar-refractivity contribution in [1.82, 2.24) is 9.80 Å². The van der Waals surface area contributed by atoms with Gasteiger partial charge < -0.3 is 20.0 Å². The SMILES string of the molecule is O=C(Cc1cc(F)ccc1F)N1CC(CO)C(CN2CCC(O)CC2)C1. The Balaban J connectivity index is 1.59. The molecule has 5 nitrogen and oxygen atoms in total. The molecule has 0 bridgehead atoms. The lowest BCUT2D eigenvalue weighted by Crippen LogP contribution is -2.41. The quantitative estimate of drug-likeness (QED) is 0.815. The summed E-state index contributed by atoms with van der Waals surface area (Å²) in [6, 6.07) is 3.13. The van der Waals surface area contributed by atoms with Gasteiger partial charge in [-0.25, -0.2) is 8.78 Å². The Morgan fingerprint density at radius 3 is 2.54 bits per heavy atom. The highest BCUT2D eigenvalue weighted by Gasteiger charge is 2.36. The minimum Gasteiger partial charge on any atom is -0.396 e. The summed E-state index contributed by atoms with van der Waals surface area (Å²) in [6.07, 6.45) is 1.09. The van der Waals surface area contributed by atoms with E-state index in [1.165, 1.54) is 0 Å². The second-order valence-corrected chi connectivity index (χ2v) is 7.45. The Labute approximate surface area is 152 Å². The van der Waals surface area contributed by atoms with E-state index in [0.29, 0.717) is 13.1 Å². The Hall–Kier alpha value is -1.57. The fourth-order valence-corrected chi connectivity index (χ4v) is 3.94. The van der Waals surface area contributed by atoms with E-state index < -0.39 is 11.6 Å². The summed E-state index contributed by atoms with van der Waals surface area (Å²) >= 11 is 0. The summed E-state index contributed by atoms with van der Waals surface area (Å²) in [5, 5.41) is 19.3. The van der Waals surface area contributed by atoms with Gasteiger partial charge in [0, 0.05) is 50.8 Å². The fraction of sp³-hybridized carbons (Fsp3) is 0.632. The van der Waals surface area contributed by atoms with E-state index in [9.17, 15) is 23.8 Å². The number of carbonyl (C=O) groups is 1. The van der Waals surface area contributed by atoms with Crippen molar-refractivity contribution in [3.05, 3.63) is 35.4 Å². The first kappa shape index (κ1) is 19.2. The van der Waals surface area contributed by atoms with E-state index in [-0.39, 0.29) is 42.4 Å². The van der Waals surface area contributed by atoms with Gasteiger partial charge in [0.25, 0.3) is 0 Å². The summed E-state index contributed by atoms with van der Waals surface area (Å²) < 4.78 is 27.1. The molecule has 2 atom stereocenters. The molecule has 0 aliphatic carbocycles. The lowest BCUT2D eigenvalue weighted by atomic mass is 9.95. The minimum absolute atomic E-state index is 0.000756. The van der Waals surface area contributed by atoms with Gasteiger partial charge in [-0.3, -0.25) is 4.79 Å². The third-order valence-corrected chi connectivity index (χ3v) is 5.56. The van der Waals surface area contributed by atoms with Gasteiger partial charge in [-0.2, -0.15) is 0 Å². The van der Waals surface area contributed by atoms with Gasteiger partial charge in [0.15, 0.2) is 0 Å². The Morgan fingerprint density at radius 2 is 1.85 bits per heavy atom. The molecular formula is C19H26F2N2O3. The summed E-state index contributed by atoms with van der Waals surface area (Å²) in [7, 11) is 0. The molecule has 2 fully saturated rings. The van der Waals surface area contributed by atoms with Crippen LogP contribution in [0.25, 0.3) is 0 Å². The maximum Gasteiger partial charge on any atom is 0.227 e. The van der Waals surface area contributed by atoms with Crippen molar-refractivity contribution in [3.8, 4) is 0 Å². The van der Waals surface area contributed by atoms with E-state index in [1.54, 1.807) is 4.90 Å². The van der Waals surface area contributed by atoms with Gasteiger partial charge in [0.1, 0.15) is 11.6 Å². The maximum absolute atomic E-state index is 13.8. The standard InChI is InChI=1S/C19H26F2N2O3/c20-16-1-2-18(21)13(7-16)8-19(26)23-10-14(15(11-23)12-24)9-22-5-3-17(25)4-6-22/h1-2,7,14-15,17,24-25H,3-6,8-12H2. The number of piperidine rings is 1. The number of aliphatic hydroxyl groups excluding tert-OH is 2. The molecule has 1 amide bonds. The summed E-state index contributed by atoms with van der Waals surface area (Å²) in [6.45, 7) is 3.36. The average Bonchev–Trinajstić information content (AvgIpc) is 3.03. The van der Waals surface area contributed by atoms with Crippen LogP contribution in [0, 0.1) is 23.5 Å². The van der Waals surface area contributed by atoms with Gasteiger partial charge >= 0.3 is 0 Å². The van der Waals surface area contributed by atoms with Crippen molar-refractivity contribution in [3.63, 3.8) is 0 Å². The van der Waals surface area contributed by atoms with Crippen LogP contribution >= 0.6 is 0 Å². The molecule has 0 saturated carbocycles. The molecular weight excluding hydrogens is 342 g/mol. The molecule has 26 heavy (non-hydrogen) atoms. The van der Waals surface area contributed by atoms with Crippen molar-refractivity contribution in [1.29, 1.82) is 0 Å². The summed E-state index contributed by atoms with van der Waals surface area (Å²) in [5.74, 6) is -1.25. The average molecular weight is 368 g/mol. The number of carbonyl (C=O) groups excluding carboxylic acids is 1. The zero-order chi connectivity index (χ0) is 18.7. The Morgan fingerprint density at radius 1 is 1.15 bits per heavy atom. The molecule has 2 unspecified atom stereocenters. The van der Waals surface area contributed by atoms with Crippen molar-refractivity contribution in [2.75, 3.05) is 39.3 Å². The Kier molecular flexibility index (Phi) is 6.21. The van der Waals surface area contributed by atoms with Gasteiger partial charge in [-0.05, 0) is 37.0 Å². The number of nitrogens with zero attached hydrogens (tertiary/aromatic N) is 2. The highest BCUT2D eigenvalue weighted by atomic mass is 19.1. The number of benzene rings is 1. The molecule has 144 valence electrons. The third kappa shape index (κ3) is 4.58. The third-order valence-electron chi connectivity index (χ3n) is 5.56. The molecule has 2 aliphatic rings. The van der Waals surface area contributed by atoms with Crippen LogP contribution in [0.3, 0.4) is 0 Å². The highest BCUT2D eigenvalue weighted by Crippen LogP contribution is 2.26. The maximum atomic E-state index is 13.8. The first-order valence-corrected chi connectivity index (χ1v) is 9.19. The zero-order valence-corrected chi connectivity index (χ0v) is 14.8. The molecule has 3 rings (SSSR count). The molecule has 2 heterocycles. The second kappa shape index (κ2) is 8.41. The van der Waals surface area contributed by atoms with E-state index in [4.69, 9.17) is 0 Å². The second-order valence-electron chi connectivity index (χ2n) is 7.45. The largest absolute Gasteiger partial charge is 0.396 e. The number of rotatable bonds is 5. The van der Waals surface area contributed by atoms with Gasteiger partial charge in [0.05, 0.1) is 12.5 Å². The van der Waals surface area contributed by atoms with Gasteiger partial charge in [-0.1, -0.05) is 0 Å². The fourth-order valence-electron chi connectivity index (χ4n) is 3.94. The van der Waals surface area contributed by atoms with E-state index in [2.05, 4.69) is 4.90 Å². The zero-order valence-electron chi connectivity index (χ0n) is 14.8. The lowest BCUT2D eigenvalue weighted by molar-refractivity contribution is -0.129. The molecule has 0 spiro atoms. The van der Waals surface area contributed by atoms with Crippen LogP contribution in [0.4, 0.5) is 8.78 Å². The monoisotopic (exact) mass is 368 g/mol. The van der Waals surface area contributed by atoms with Gasteiger partial charge in [0.2, 0.25) is 5.91 Å². The van der Waals surface area contributed by atoms with Crippen LogP contribution in [0.5, 0.6) is 0 Å². The van der Waals surface area contributed by atoms with Crippen LogP contribution in [0.1, 0.15) is 18.4 Å². The molecule has 0 radical (unpaired) electrons. The first-order chi connectivity index (χ1) is 12.5. The predicted molar refractivity (Wildman–Crippen MR) is 92.4 cm³/mol. The number of hydrogen-bond acceptors (Lipinski definition) is 4. The number of hydrogen-bond donors (Lipinski definition) is 2. The topological polar surface area (TPSA) is 64.0 Å². The number of amides is 1. The Bertz CT molecular complexity index is 635.